The number of rotatable bonds is 11. The highest BCUT2D eigenvalue weighted by molar-refractivity contribution is 5.97. The summed E-state index contributed by atoms with van der Waals surface area (Å²) in [6.45, 7) is 12.4. The van der Waals surface area contributed by atoms with Crippen molar-refractivity contribution in [2.24, 2.45) is 5.73 Å². The summed E-state index contributed by atoms with van der Waals surface area (Å²) in [5.41, 5.74) is 15.4. The summed E-state index contributed by atoms with van der Waals surface area (Å²) in [6, 6.07) is 42.3. The molecule has 0 saturated carbocycles. The van der Waals surface area contributed by atoms with Crippen LogP contribution in [0.5, 0.6) is 17.2 Å². The number of ether oxygens (including phenoxy) is 3. The standard InChI is InChI=1S/C30H30N4O3.C25H27N5O3/c1-21-10-12-24-25(31-21)8-5-9-27(24)34-16-14-33(15-17-34)19-29(37-23-6-3-2-4-7-23)22-11-13-28-26(18-22)32-30(35)20-36-28;1-16-5-7-18-20(27-16)3-2-4-22(18)30-11-9-29(10-12-30)14-19(25(26)32)17-6-8-23-21(13-17)28-24(31)15-33-23/h2-13,18,29H,14-17,19-20H2,1H3,(H,32,35);2-8,13,19H,9-12,14-15H2,1H3,(H2,26,32)(H,28,31). The van der Waals surface area contributed by atoms with E-state index in [2.05, 4.69) is 83.7 Å². The van der Waals surface area contributed by atoms with E-state index in [4.69, 9.17) is 24.9 Å². The van der Waals surface area contributed by atoms with Gasteiger partial charge in [-0.2, -0.15) is 0 Å². The molecular weight excluding hydrogens is 883 g/mol. The van der Waals surface area contributed by atoms with Gasteiger partial charge in [-0.15, -0.1) is 0 Å². The zero-order chi connectivity index (χ0) is 48.1. The van der Waals surface area contributed by atoms with Crippen molar-refractivity contribution in [2.75, 3.05) is 99.1 Å². The molecule has 2 aromatic heterocycles. The van der Waals surface area contributed by atoms with E-state index in [1.807, 2.05) is 80.6 Å². The number of nitrogens with two attached hydrogens (primary N) is 1. The number of hydrogen-bond acceptors (Lipinski definition) is 12. The Morgan fingerprint density at radius 2 is 1.10 bits per heavy atom. The second-order valence-electron chi connectivity index (χ2n) is 18.2. The highest BCUT2D eigenvalue weighted by Crippen LogP contribution is 2.35. The lowest BCUT2D eigenvalue weighted by Gasteiger charge is -2.38. The lowest BCUT2D eigenvalue weighted by atomic mass is 9.96. The van der Waals surface area contributed by atoms with Crippen molar-refractivity contribution in [2.45, 2.75) is 25.9 Å². The quantitative estimate of drug-likeness (QED) is 0.121. The smallest absolute Gasteiger partial charge is 0.262 e. The molecule has 2 unspecified atom stereocenters. The largest absolute Gasteiger partial charge is 0.484 e. The van der Waals surface area contributed by atoms with Crippen LogP contribution in [0.4, 0.5) is 22.7 Å². The number of carbonyl (C=O) groups excluding carboxylic acids is 3. The van der Waals surface area contributed by atoms with E-state index in [1.54, 1.807) is 12.1 Å². The van der Waals surface area contributed by atoms with Crippen LogP contribution in [0.3, 0.4) is 0 Å². The number of para-hydroxylation sites is 1. The summed E-state index contributed by atoms with van der Waals surface area (Å²) in [4.78, 5) is 54.8. The number of pyridine rings is 2. The van der Waals surface area contributed by atoms with Crippen LogP contribution in [0.25, 0.3) is 21.8 Å². The van der Waals surface area contributed by atoms with Gasteiger partial charge in [0.15, 0.2) is 13.2 Å². The Morgan fingerprint density at radius 3 is 1.63 bits per heavy atom. The second-order valence-corrected chi connectivity index (χ2v) is 18.2. The van der Waals surface area contributed by atoms with Crippen LogP contribution in [-0.2, 0) is 14.4 Å². The van der Waals surface area contributed by atoms with Gasteiger partial charge in [0, 0.05) is 99.0 Å². The summed E-state index contributed by atoms with van der Waals surface area (Å²) in [5.74, 6) is 0.930. The van der Waals surface area contributed by atoms with Crippen LogP contribution in [0.15, 0.2) is 127 Å². The maximum atomic E-state index is 12.3. The molecule has 11 rings (SSSR count). The van der Waals surface area contributed by atoms with Crippen LogP contribution < -0.4 is 40.4 Å². The van der Waals surface area contributed by atoms with Crippen LogP contribution >= 0.6 is 0 Å². The molecule has 358 valence electrons. The van der Waals surface area contributed by atoms with Gasteiger partial charge >= 0.3 is 0 Å². The number of anilines is 4. The van der Waals surface area contributed by atoms with Gasteiger partial charge in [0.2, 0.25) is 5.91 Å². The molecule has 5 aromatic carbocycles. The maximum absolute atomic E-state index is 12.3. The monoisotopic (exact) mass is 939 g/mol. The average molecular weight is 940 g/mol. The molecule has 4 aliphatic heterocycles. The molecular formula is C55H57N9O6. The Hall–Kier alpha value is -7.75. The van der Waals surface area contributed by atoms with E-state index < -0.39 is 5.92 Å². The number of piperazine rings is 2. The highest BCUT2D eigenvalue weighted by atomic mass is 16.5. The molecule has 2 saturated heterocycles. The highest BCUT2D eigenvalue weighted by Gasteiger charge is 2.28. The van der Waals surface area contributed by atoms with E-state index in [-0.39, 0.29) is 37.0 Å². The number of nitrogens with zero attached hydrogens (tertiary/aromatic N) is 6. The van der Waals surface area contributed by atoms with Gasteiger partial charge in [0.1, 0.15) is 23.4 Å². The van der Waals surface area contributed by atoms with Gasteiger partial charge in [0.05, 0.1) is 28.3 Å². The first-order chi connectivity index (χ1) is 34.1. The number of primary amides is 1. The Kier molecular flexibility index (Phi) is 13.4. The van der Waals surface area contributed by atoms with E-state index in [0.29, 0.717) is 29.4 Å². The minimum absolute atomic E-state index is 0.00222. The first-order valence-corrected chi connectivity index (χ1v) is 23.9. The predicted octanol–water partition coefficient (Wildman–Crippen LogP) is 7.08. The molecule has 0 radical (unpaired) electrons. The van der Waals surface area contributed by atoms with Crippen LogP contribution in [0, 0.1) is 13.8 Å². The molecule has 7 aromatic rings. The van der Waals surface area contributed by atoms with E-state index >= 15 is 0 Å². The molecule has 2 fully saturated rings. The molecule has 15 nitrogen and oxygen atoms in total. The molecule has 0 spiro atoms. The number of aryl methyl sites for hydroxylation is 2. The predicted molar refractivity (Wildman–Crippen MR) is 273 cm³/mol. The summed E-state index contributed by atoms with van der Waals surface area (Å²) in [7, 11) is 0. The van der Waals surface area contributed by atoms with E-state index in [9.17, 15) is 14.4 Å². The van der Waals surface area contributed by atoms with Gasteiger partial charge < -0.3 is 40.4 Å². The lowest BCUT2D eigenvalue weighted by Crippen LogP contribution is -2.48. The van der Waals surface area contributed by atoms with Gasteiger partial charge in [-0.1, -0.05) is 42.5 Å². The van der Waals surface area contributed by atoms with E-state index in [1.165, 1.54) is 16.8 Å². The Balaban J connectivity index is 0.000000163. The van der Waals surface area contributed by atoms with Crippen molar-refractivity contribution in [1.82, 2.24) is 19.8 Å². The third-order valence-corrected chi connectivity index (χ3v) is 13.4. The molecule has 2 atom stereocenters. The first-order valence-electron chi connectivity index (χ1n) is 23.9. The van der Waals surface area contributed by atoms with Crippen molar-refractivity contribution in [3.8, 4) is 17.2 Å². The fraction of sp³-hybridized carbons (Fsp3) is 0.291. The lowest BCUT2D eigenvalue weighted by molar-refractivity contribution is -0.120. The third-order valence-electron chi connectivity index (χ3n) is 13.4. The Labute approximate surface area is 407 Å². The summed E-state index contributed by atoms with van der Waals surface area (Å²) in [6.07, 6.45) is -0.192. The first kappa shape index (κ1) is 46.0. The Morgan fingerprint density at radius 1 is 0.600 bits per heavy atom. The fourth-order valence-corrected chi connectivity index (χ4v) is 9.72. The average Bonchev–Trinajstić information content (AvgIpc) is 3.37. The number of amides is 3. The molecule has 4 N–H and O–H groups in total. The number of fused-ring (bicyclic) bond motifs is 4. The summed E-state index contributed by atoms with van der Waals surface area (Å²) >= 11 is 0. The molecule has 3 amide bonds. The molecule has 70 heavy (non-hydrogen) atoms. The van der Waals surface area contributed by atoms with Crippen molar-refractivity contribution in [3.63, 3.8) is 0 Å². The van der Waals surface area contributed by atoms with Crippen molar-refractivity contribution in [3.05, 3.63) is 150 Å². The fourth-order valence-electron chi connectivity index (χ4n) is 9.72. The number of aromatic nitrogens is 2. The van der Waals surface area contributed by atoms with Gasteiger partial charge in [0.25, 0.3) is 11.8 Å². The number of hydrogen-bond donors (Lipinski definition) is 3. The number of carbonyl (C=O) groups is 3. The van der Waals surface area contributed by atoms with E-state index in [0.717, 1.165) is 104 Å². The van der Waals surface area contributed by atoms with Gasteiger partial charge in [-0.25, -0.2) is 0 Å². The van der Waals surface area contributed by atoms with Gasteiger partial charge in [-0.3, -0.25) is 34.2 Å². The zero-order valence-electron chi connectivity index (χ0n) is 39.5. The van der Waals surface area contributed by atoms with Crippen molar-refractivity contribution < 1.29 is 28.6 Å². The number of nitrogens with one attached hydrogen (secondary N) is 2. The third kappa shape index (κ3) is 10.5. The Bertz CT molecular complexity index is 3050. The maximum Gasteiger partial charge on any atom is 0.262 e. The van der Waals surface area contributed by atoms with Crippen molar-refractivity contribution in [1.29, 1.82) is 0 Å². The minimum Gasteiger partial charge on any atom is -0.484 e. The molecule has 15 heteroatoms. The molecule has 6 heterocycles. The SMILES string of the molecule is Cc1ccc2c(N3CCN(CC(C(N)=O)c4ccc5c(c4)NC(=O)CO5)CC3)cccc2n1.Cc1ccc2c(N3CCN(CC(Oc4ccccc4)c4ccc5c(c4)NC(=O)CO5)CC3)cccc2n1. The molecule has 0 bridgehead atoms. The van der Waals surface area contributed by atoms with Gasteiger partial charge in [-0.05, 0) is 110 Å². The summed E-state index contributed by atoms with van der Waals surface area (Å²) < 4.78 is 17.5. The molecule has 4 aliphatic rings. The van der Waals surface area contributed by atoms with Crippen molar-refractivity contribution >= 4 is 62.3 Å². The minimum atomic E-state index is -0.467. The molecule has 0 aliphatic carbocycles. The normalized spacial score (nSPS) is 16.9. The van der Waals surface area contributed by atoms with Crippen LogP contribution in [-0.4, -0.2) is 116 Å². The second kappa shape index (κ2) is 20.5. The summed E-state index contributed by atoms with van der Waals surface area (Å²) in [5, 5.41) is 8.07. The topological polar surface area (TPSA) is 168 Å². The zero-order valence-corrected chi connectivity index (χ0v) is 39.5. The van der Waals surface area contributed by atoms with Crippen LogP contribution in [0.2, 0.25) is 0 Å². The number of benzene rings is 5. The van der Waals surface area contributed by atoms with Crippen LogP contribution in [0.1, 0.15) is 34.5 Å².